The molecular formula is C12H14ClNO2. The molecule has 1 aromatic carbocycles. The van der Waals surface area contributed by atoms with Gasteiger partial charge in [0.1, 0.15) is 5.88 Å². The van der Waals surface area contributed by atoms with Gasteiger partial charge < -0.3 is 4.84 Å². The number of rotatable bonds is 1. The maximum absolute atomic E-state index is 11.5. The Morgan fingerprint density at radius 1 is 1.62 bits per heavy atom. The molecule has 86 valence electrons. The van der Waals surface area contributed by atoms with Crippen molar-refractivity contribution in [2.24, 2.45) is 0 Å². The minimum atomic E-state index is -0.193. The Kier molecular flexibility index (Phi) is 3.06. The first-order chi connectivity index (χ1) is 7.61. The monoisotopic (exact) mass is 239 g/mol. The fourth-order valence-electron chi connectivity index (χ4n) is 1.87. The van der Waals surface area contributed by atoms with Crippen LogP contribution in [0.25, 0.3) is 0 Å². The highest BCUT2D eigenvalue weighted by molar-refractivity contribution is 6.27. The minimum absolute atomic E-state index is 0.0291. The number of hydrogen-bond donors (Lipinski definition) is 0. The molecule has 16 heavy (non-hydrogen) atoms. The third kappa shape index (κ3) is 2.00. The number of amides is 1. The van der Waals surface area contributed by atoms with Gasteiger partial charge in [0.15, 0.2) is 5.75 Å². The van der Waals surface area contributed by atoms with Gasteiger partial charge in [-0.2, -0.15) is 5.06 Å². The molecular weight excluding hydrogens is 226 g/mol. The number of fused-ring (bicyclic) bond motifs is 1. The summed E-state index contributed by atoms with van der Waals surface area (Å²) in [6.45, 7) is 3.95. The molecule has 4 heteroatoms. The number of carbonyl (C=O) groups excluding carboxylic acids is 1. The second kappa shape index (κ2) is 4.34. The van der Waals surface area contributed by atoms with Crippen molar-refractivity contribution < 1.29 is 9.63 Å². The van der Waals surface area contributed by atoms with E-state index in [0.29, 0.717) is 0 Å². The number of hydroxylamine groups is 2. The van der Waals surface area contributed by atoms with E-state index >= 15 is 0 Å². The van der Waals surface area contributed by atoms with Crippen LogP contribution in [-0.2, 0) is 11.2 Å². The smallest absolute Gasteiger partial charge is 0.270 e. The zero-order chi connectivity index (χ0) is 11.7. The van der Waals surface area contributed by atoms with E-state index < -0.39 is 0 Å². The Labute approximate surface area is 99.9 Å². The normalized spacial score (nSPS) is 18.9. The molecule has 0 aliphatic carbocycles. The van der Waals surface area contributed by atoms with E-state index in [0.717, 1.165) is 23.3 Å². The van der Waals surface area contributed by atoms with Crippen LogP contribution >= 0.6 is 11.6 Å². The summed E-state index contributed by atoms with van der Waals surface area (Å²) in [5, 5.41) is 1.37. The lowest BCUT2D eigenvalue weighted by molar-refractivity contribution is -0.164. The second-order valence-electron chi connectivity index (χ2n) is 4.11. The zero-order valence-electron chi connectivity index (χ0n) is 9.37. The molecule has 1 unspecified atom stereocenters. The molecule has 0 N–H and O–H groups in total. The van der Waals surface area contributed by atoms with Crippen LogP contribution in [0.2, 0.25) is 0 Å². The first-order valence-corrected chi connectivity index (χ1v) is 5.81. The molecule has 1 aliphatic rings. The number of nitrogens with zero attached hydrogens (tertiary/aromatic N) is 1. The molecule has 0 saturated heterocycles. The Morgan fingerprint density at radius 3 is 3.06 bits per heavy atom. The van der Waals surface area contributed by atoms with Gasteiger partial charge in [0.05, 0.1) is 6.04 Å². The standard InChI is InChI=1S/C12H14ClNO2/c1-8-3-4-10-6-9(2)14(12(15)7-13)16-11(10)5-8/h3-5,9H,6-7H2,1-2H3. The molecule has 0 aromatic heterocycles. The van der Waals surface area contributed by atoms with Crippen LogP contribution in [0.3, 0.4) is 0 Å². The maximum Gasteiger partial charge on any atom is 0.270 e. The summed E-state index contributed by atoms with van der Waals surface area (Å²) in [5.74, 6) is 0.517. The van der Waals surface area contributed by atoms with Gasteiger partial charge in [-0.25, -0.2) is 0 Å². The third-order valence-corrected chi connectivity index (χ3v) is 2.92. The molecule has 0 radical (unpaired) electrons. The first-order valence-electron chi connectivity index (χ1n) is 5.27. The fraction of sp³-hybridized carbons (Fsp3) is 0.417. The summed E-state index contributed by atoms with van der Waals surface area (Å²) in [6, 6.07) is 6.06. The molecule has 0 spiro atoms. The predicted molar refractivity (Wildman–Crippen MR) is 62.5 cm³/mol. The quantitative estimate of drug-likeness (QED) is 0.704. The lowest BCUT2D eigenvalue weighted by atomic mass is 10.0. The van der Waals surface area contributed by atoms with E-state index in [-0.39, 0.29) is 17.8 Å². The molecule has 3 nitrogen and oxygen atoms in total. The Morgan fingerprint density at radius 2 is 2.38 bits per heavy atom. The number of carbonyl (C=O) groups is 1. The Balaban J connectivity index is 2.29. The van der Waals surface area contributed by atoms with Gasteiger partial charge >= 0.3 is 0 Å². The lowest BCUT2D eigenvalue weighted by Crippen LogP contribution is -2.45. The summed E-state index contributed by atoms with van der Waals surface area (Å²) in [7, 11) is 0. The largest absolute Gasteiger partial charge is 0.376 e. The van der Waals surface area contributed by atoms with Crippen LogP contribution in [-0.4, -0.2) is 22.9 Å². The average Bonchev–Trinajstić information content (AvgIpc) is 2.28. The highest BCUT2D eigenvalue weighted by Crippen LogP contribution is 2.28. The number of aryl methyl sites for hydroxylation is 1. The van der Waals surface area contributed by atoms with Crippen molar-refractivity contribution in [2.45, 2.75) is 26.3 Å². The van der Waals surface area contributed by atoms with Gasteiger partial charge in [0.25, 0.3) is 5.91 Å². The van der Waals surface area contributed by atoms with Crippen LogP contribution in [0.1, 0.15) is 18.1 Å². The predicted octanol–water partition coefficient (Wildman–Crippen LogP) is 2.30. The van der Waals surface area contributed by atoms with Crippen LogP contribution in [0, 0.1) is 6.92 Å². The van der Waals surface area contributed by atoms with Crippen molar-refractivity contribution in [3.05, 3.63) is 29.3 Å². The van der Waals surface area contributed by atoms with E-state index in [9.17, 15) is 4.79 Å². The summed E-state index contributed by atoms with van der Waals surface area (Å²) in [5.41, 5.74) is 2.25. The minimum Gasteiger partial charge on any atom is -0.376 e. The molecule has 0 bridgehead atoms. The molecule has 1 heterocycles. The highest BCUT2D eigenvalue weighted by Gasteiger charge is 2.28. The number of benzene rings is 1. The Hall–Kier alpha value is -1.22. The van der Waals surface area contributed by atoms with E-state index in [4.69, 9.17) is 16.4 Å². The molecule has 1 atom stereocenters. The molecule has 2 rings (SSSR count). The lowest BCUT2D eigenvalue weighted by Gasteiger charge is -2.33. The summed E-state index contributed by atoms with van der Waals surface area (Å²) < 4.78 is 0. The van der Waals surface area contributed by atoms with Crippen molar-refractivity contribution >= 4 is 17.5 Å². The zero-order valence-corrected chi connectivity index (χ0v) is 10.1. The van der Waals surface area contributed by atoms with Crippen molar-refractivity contribution in [3.63, 3.8) is 0 Å². The van der Waals surface area contributed by atoms with Gasteiger partial charge in [-0.05, 0) is 37.5 Å². The van der Waals surface area contributed by atoms with Crippen LogP contribution in [0.5, 0.6) is 5.75 Å². The summed E-state index contributed by atoms with van der Waals surface area (Å²) in [6.07, 6.45) is 0.804. The van der Waals surface area contributed by atoms with Gasteiger partial charge in [0.2, 0.25) is 0 Å². The van der Waals surface area contributed by atoms with Gasteiger partial charge in [-0.15, -0.1) is 11.6 Å². The average molecular weight is 240 g/mol. The van der Waals surface area contributed by atoms with Crippen LogP contribution < -0.4 is 4.84 Å². The van der Waals surface area contributed by atoms with E-state index in [1.807, 2.05) is 32.0 Å². The maximum atomic E-state index is 11.5. The fourth-order valence-corrected chi connectivity index (χ4v) is 1.99. The van der Waals surface area contributed by atoms with E-state index in [1.54, 1.807) is 0 Å². The van der Waals surface area contributed by atoms with Gasteiger partial charge in [-0.3, -0.25) is 4.79 Å². The van der Waals surface area contributed by atoms with Crippen LogP contribution in [0.15, 0.2) is 18.2 Å². The molecule has 1 amide bonds. The van der Waals surface area contributed by atoms with Gasteiger partial charge in [-0.1, -0.05) is 12.1 Å². The van der Waals surface area contributed by atoms with E-state index in [2.05, 4.69) is 0 Å². The third-order valence-electron chi connectivity index (χ3n) is 2.70. The molecule has 0 fully saturated rings. The van der Waals surface area contributed by atoms with Crippen molar-refractivity contribution in [1.29, 1.82) is 0 Å². The summed E-state index contributed by atoms with van der Waals surface area (Å²) in [4.78, 5) is 17.1. The first kappa shape index (κ1) is 11.3. The number of halogens is 1. The van der Waals surface area contributed by atoms with Crippen LogP contribution in [0.4, 0.5) is 0 Å². The molecule has 0 saturated carbocycles. The van der Waals surface area contributed by atoms with Crippen molar-refractivity contribution in [2.75, 3.05) is 5.88 Å². The van der Waals surface area contributed by atoms with Gasteiger partial charge in [0, 0.05) is 0 Å². The van der Waals surface area contributed by atoms with E-state index in [1.165, 1.54) is 5.06 Å². The molecule has 1 aliphatic heterocycles. The van der Waals surface area contributed by atoms with Crippen molar-refractivity contribution in [3.8, 4) is 5.75 Å². The summed E-state index contributed by atoms with van der Waals surface area (Å²) >= 11 is 5.54. The highest BCUT2D eigenvalue weighted by atomic mass is 35.5. The molecule has 1 aromatic rings. The second-order valence-corrected chi connectivity index (χ2v) is 4.38. The Bertz CT molecular complexity index is 419. The SMILES string of the molecule is Cc1ccc2c(c1)ON(C(=O)CCl)C(C)C2. The number of alkyl halides is 1. The topological polar surface area (TPSA) is 29.5 Å². The number of hydrogen-bond acceptors (Lipinski definition) is 2. The van der Waals surface area contributed by atoms with Crippen molar-refractivity contribution in [1.82, 2.24) is 5.06 Å².